The van der Waals surface area contributed by atoms with Gasteiger partial charge >= 0.3 is 0 Å². The zero-order chi connectivity index (χ0) is 19.1. The molecular formula is C24H24N2O2. The predicted octanol–water partition coefficient (Wildman–Crippen LogP) is 3.83. The van der Waals surface area contributed by atoms with Gasteiger partial charge in [0.2, 0.25) is 0 Å². The lowest BCUT2D eigenvalue weighted by Crippen LogP contribution is -2.44. The number of rotatable bonds is 4. The molecule has 4 heteroatoms. The van der Waals surface area contributed by atoms with Crippen LogP contribution in [-0.2, 0) is 6.42 Å². The summed E-state index contributed by atoms with van der Waals surface area (Å²) in [5.74, 6) is 0.0905. The minimum absolute atomic E-state index is 0.0901. The van der Waals surface area contributed by atoms with Crippen LogP contribution in [0.4, 0.5) is 0 Å². The van der Waals surface area contributed by atoms with Crippen LogP contribution in [0.5, 0.6) is 0 Å². The van der Waals surface area contributed by atoms with Crippen LogP contribution in [0.1, 0.15) is 35.2 Å². The minimum atomic E-state index is -0.244. The van der Waals surface area contributed by atoms with Gasteiger partial charge in [-0.2, -0.15) is 0 Å². The van der Waals surface area contributed by atoms with E-state index in [0.717, 1.165) is 42.0 Å². The highest BCUT2D eigenvalue weighted by molar-refractivity contribution is 6.07. The molecule has 2 aliphatic heterocycles. The van der Waals surface area contributed by atoms with E-state index in [1.165, 1.54) is 5.56 Å². The van der Waals surface area contributed by atoms with Gasteiger partial charge in [-0.15, -0.1) is 0 Å². The van der Waals surface area contributed by atoms with Crippen molar-refractivity contribution in [3.05, 3.63) is 78.1 Å². The Morgan fingerprint density at radius 3 is 2.79 bits per heavy atom. The topological polar surface area (TPSA) is 53.4 Å². The largest absolute Gasteiger partial charge is 0.396 e. The molecule has 2 saturated heterocycles. The third-order valence-electron chi connectivity index (χ3n) is 6.71. The van der Waals surface area contributed by atoms with Crippen LogP contribution in [0.25, 0.3) is 10.8 Å². The normalized spacial score (nSPS) is 26.1. The molecule has 1 amide bonds. The average molecular weight is 372 g/mol. The van der Waals surface area contributed by atoms with Gasteiger partial charge in [0.25, 0.3) is 5.91 Å². The third kappa shape index (κ3) is 2.63. The first-order chi connectivity index (χ1) is 13.7. The SMILES string of the molecule is O=C(c1cccc2cnccc12)N1[C@@H]2CC[C@H]1[C@](CO)(Cc1ccccc1)C2. The Labute approximate surface area is 164 Å². The van der Waals surface area contributed by atoms with Crippen molar-refractivity contribution in [1.29, 1.82) is 0 Å². The van der Waals surface area contributed by atoms with Crippen molar-refractivity contribution >= 4 is 16.7 Å². The van der Waals surface area contributed by atoms with E-state index in [9.17, 15) is 9.90 Å². The molecule has 3 heterocycles. The Bertz CT molecular complexity index is 1010. The number of nitrogens with zero attached hydrogens (tertiary/aromatic N) is 2. The molecule has 3 aromatic rings. The first-order valence-electron chi connectivity index (χ1n) is 10.0. The number of hydrogen-bond acceptors (Lipinski definition) is 3. The summed E-state index contributed by atoms with van der Waals surface area (Å²) < 4.78 is 0. The summed E-state index contributed by atoms with van der Waals surface area (Å²) in [5.41, 5.74) is 1.73. The van der Waals surface area contributed by atoms with E-state index < -0.39 is 0 Å². The molecule has 1 aromatic heterocycles. The van der Waals surface area contributed by atoms with Gasteiger partial charge in [-0.25, -0.2) is 0 Å². The van der Waals surface area contributed by atoms with Gasteiger partial charge in [-0.1, -0.05) is 42.5 Å². The van der Waals surface area contributed by atoms with Crippen molar-refractivity contribution in [3.63, 3.8) is 0 Å². The molecule has 0 aliphatic carbocycles. The molecule has 0 spiro atoms. The maximum atomic E-state index is 13.6. The van der Waals surface area contributed by atoms with Crippen molar-refractivity contribution in [1.82, 2.24) is 9.88 Å². The maximum absolute atomic E-state index is 13.6. The lowest BCUT2D eigenvalue weighted by Gasteiger charge is -2.36. The fourth-order valence-corrected chi connectivity index (χ4v) is 5.46. The molecule has 0 unspecified atom stereocenters. The molecule has 4 nitrogen and oxygen atoms in total. The number of benzene rings is 2. The van der Waals surface area contributed by atoms with E-state index in [0.29, 0.717) is 0 Å². The maximum Gasteiger partial charge on any atom is 0.255 e. The molecular weight excluding hydrogens is 348 g/mol. The summed E-state index contributed by atoms with van der Waals surface area (Å²) in [6.07, 6.45) is 7.23. The number of pyridine rings is 1. The van der Waals surface area contributed by atoms with Gasteiger partial charge in [-0.05, 0) is 48.8 Å². The molecule has 5 rings (SSSR count). The molecule has 1 N–H and O–H groups in total. The van der Waals surface area contributed by atoms with Crippen LogP contribution < -0.4 is 0 Å². The molecule has 2 fully saturated rings. The molecule has 142 valence electrons. The number of carbonyl (C=O) groups excluding carboxylic acids is 1. The van der Waals surface area contributed by atoms with Crippen molar-refractivity contribution in [2.24, 2.45) is 5.41 Å². The number of aliphatic hydroxyl groups excluding tert-OH is 1. The van der Waals surface area contributed by atoms with Gasteiger partial charge in [0.15, 0.2) is 0 Å². The standard InChI is InChI=1S/C24H24N2O2/c27-16-24(13-17-5-2-1-3-6-17)14-19-9-10-22(24)26(19)23(28)21-8-4-7-18-15-25-12-11-20(18)21/h1-8,11-12,15,19,22,27H,9-10,13-14,16H2/t19-,22+,24-/m1/s1. The predicted molar refractivity (Wildman–Crippen MR) is 109 cm³/mol. The first kappa shape index (κ1) is 17.4. The lowest BCUT2D eigenvalue weighted by molar-refractivity contribution is 0.0572. The number of amides is 1. The van der Waals surface area contributed by atoms with E-state index in [-0.39, 0.29) is 30.0 Å². The van der Waals surface area contributed by atoms with E-state index in [2.05, 4.69) is 22.0 Å². The van der Waals surface area contributed by atoms with Crippen LogP contribution in [0.2, 0.25) is 0 Å². The quantitative estimate of drug-likeness (QED) is 0.757. The third-order valence-corrected chi connectivity index (χ3v) is 6.71. The number of hydrogen-bond donors (Lipinski definition) is 1. The number of carbonyl (C=O) groups is 1. The summed E-state index contributed by atoms with van der Waals surface area (Å²) in [5, 5.41) is 12.3. The van der Waals surface area contributed by atoms with E-state index in [1.807, 2.05) is 42.5 Å². The van der Waals surface area contributed by atoms with Gasteiger partial charge in [-0.3, -0.25) is 9.78 Å². The molecule has 3 atom stereocenters. The number of fused-ring (bicyclic) bond motifs is 3. The smallest absolute Gasteiger partial charge is 0.255 e. The Morgan fingerprint density at radius 1 is 1.11 bits per heavy atom. The second-order valence-corrected chi connectivity index (χ2v) is 8.25. The van der Waals surface area contributed by atoms with Gasteiger partial charge in [0.1, 0.15) is 0 Å². The van der Waals surface area contributed by atoms with Crippen molar-refractivity contribution in [2.75, 3.05) is 6.61 Å². The molecule has 28 heavy (non-hydrogen) atoms. The summed E-state index contributed by atoms with van der Waals surface area (Å²) >= 11 is 0. The molecule has 0 radical (unpaired) electrons. The summed E-state index contributed by atoms with van der Waals surface area (Å²) in [7, 11) is 0. The zero-order valence-corrected chi connectivity index (χ0v) is 15.8. The fourth-order valence-electron chi connectivity index (χ4n) is 5.46. The molecule has 2 aromatic carbocycles. The highest BCUT2D eigenvalue weighted by Gasteiger charge is 2.57. The van der Waals surface area contributed by atoms with E-state index >= 15 is 0 Å². The molecule has 2 bridgehead atoms. The zero-order valence-electron chi connectivity index (χ0n) is 15.8. The summed E-state index contributed by atoms with van der Waals surface area (Å²) in [6, 6.07) is 18.4. The van der Waals surface area contributed by atoms with Gasteiger partial charge < -0.3 is 10.0 Å². The van der Waals surface area contributed by atoms with Crippen molar-refractivity contribution in [2.45, 2.75) is 37.8 Å². The highest BCUT2D eigenvalue weighted by Crippen LogP contribution is 2.52. The second kappa shape index (κ2) is 6.71. The second-order valence-electron chi connectivity index (χ2n) is 8.25. The van der Waals surface area contributed by atoms with E-state index in [4.69, 9.17) is 0 Å². The minimum Gasteiger partial charge on any atom is -0.396 e. The Hall–Kier alpha value is -2.72. The van der Waals surface area contributed by atoms with Crippen molar-refractivity contribution in [3.8, 4) is 0 Å². The van der Waals surface area contributed by atoms with Crippen LogP contribution >= 0.6 is 0 Å². The van der Waals surface area contributed by atoms with E-state index in [1.54, 1.807) is 12.4 Å². The van der Waals surface area contributed by atoms with Crippen LogP contribution in [0.3, 0.4) is 0 Å². The monoisotopic (exact) mass is 372 g/mol. The van der Waals surface area contributed by atoms with Crippen molar-refractivity contribution < 1.29 is 9.90 Å². The average Bonchev–Trinajstić information content (AvgIpc) is 3.30. The summed E-state index contributed by atoms with van der Waals surface area (Å²) in [4.78, 5) is 19.9. The van der Waals surface area contributed by atoms with Crippen LogP contribution in [-0.4, -0.2) is 39.6 Å². The fraction of sp³-hybridized carbons (Fsp3) is 0.333. The Balaban J connectivity index is 1.50. The first-order valence-corrected chi connectivity index (χ1v) is 10.0. The van der Waals surface area contributed by atoms with Gasteiger partial charge in [0.05, 0.1) is 6.61 Å². The van der Waals surface area contributed by atoms with Gasteiger partial charge in [0, 0.05) is 40.8 Å². The highest BCUT2D eigenvalue weighted by atomic mass is 16.3. The molecule has 2 aliphatic rings. The Kier molecular flexibility index (Phi) is 4.17. The van der Waals surface area contributed by atoms with Crippen LogP contribution in [0, 0.1) is 5.41 Å². The van der Waals surface area contributed by atoms with Crippen LogP contribution in [0.15, 0.2) is 67.0 Å². The number of aliphatic hydroxyl groups is 1. The number of aromatic nitrogens is 1. The Morgan fingerprint density at radius 2 is 1.96 bits per heavy atom. The lowest BCUT2D eigenvalue weighted by atomic mass is 9.70. The molecule has 0 saturated carbocycles. The summed E-state index contributed by atoms with van der Waals surface area (Å²) in [6.45, 7) is 0.117.